The van der Waals surface area contributed by atoms with Gasteiger partial charge in [0.05, 0.1) is 17.1 Å². The Balaban J connectivity index is 1.72. The van der Waals surface area contributed by atoms with Gasteiger partial charge in [-0.15, -0.1) is 0 Å². The van der Waals surface area contributed by atoms with Gasteiger partial charge in [0, 0.05) is 26.7 Å². The van der Waals surface area contributed by atoms with Crippen molar-refractivity contribution in [1.29, 1.82) is 0 Å². The molecule has 1 aliphatic rings. The first-order chi connectivity index (χ1) is 16.8. The van der Waals surface area contributed by atoms with Gasteiger partial charge in [0.15, 0.2) is 11.6 Å². The Morgan fingerprint density at radius 1 is 1.11 bits per heavy atom. The highest BCUT2D eigenvalue weighted by Crippen LogP contribution is 2.36. The molecular weight excluding hydrogens is 468 g/mol. The Hall–Kier alpha value is -3.75. The lowest BCUT2D eigenvalue weighted by molar-refractivity contribution is -0.133. The van der Waals surface area contributed by atoms with Crippen molar-refractivity contribution >= 4 is 28.5 Å². The van der Waals surface area contributed by atoms with E-state index >= 15 is 0 Å². The molecule has 2 aromatic carbocycles. The highest BCUT2D eigenvalue weighted by atomic mass is 19.2. The molecule has 0 aliphatic carbocycles. The number of nitrogens with zero attached hydrogens (tertiary/aromatic N) is 3. The second-order valence-corrected chi connectivity index (χ2v) is 10.1. The summed E-state index contributed by atoms with van der Waals surface area (Å²) in [4.78, 5) is 42.3. The van der Waals surface area contributed by atoms with Gasteiger partial charge >= 0.3 is 6.09 Å². The number of rotatable bonds is 3. The molecule has 0 radical (unpaired) electrons. The standard InChI is InChI=1S/C27H29F2N3O4/c1-15(19-14-30(5)24(33)18-13-21(29)20(28)12-17(18)19)31(6)25(34)23-11-16-9-7-8-10-22(16)32(23)26(35)36-27(2,3)4/h7-10,12-15,23H,11H2,1-6H3/t15?,23-/m0/s1. The fraction of sp³-hybridized carbons (Fsp3) is 0.370. The zero-order valence-electron chi connectivity index (χ0n) is 21.1. The minimum atomic E-state index is -1.12. The molecule has 36 heavy (non-hydrogen) atoms. The molecule has 1 aliphatic heterocycles. The SMILES string of the molecule is CC(c1cn(C)c(=O)c2cc(F)c(F)cc12)N(C)C(=O)[C@@H]1Cc2ccccc2N1C(=O)OC(C)(C)C. The molecule has 1 aromatic heterocycles. The van der Waals surface area contributed by atoms with E-state index in [4.69, 9.17) is 4.74 Å². The van der Waals surface area contributed by atoms with Gasteiger partial charge in [-0.25, -0.2) is 13.6 Å². The van der Waals surface area contributed by atoms with Crippen LogP contribution >= 0.6 is 0 Å². The predicted molar refractivity (Wildman–Crippen MR) is 133 cm³/mol. The van der Waals surface area contributed by atoms with Gasteiger partial charge in [0.1, 0.15) is 11.6 Å². The molecule has 3 aromatic rings. The van der Waals surface area contributed by atoms with Crippen molar-refractivity contribution in [2.24, 2.45) is 7.05 Å². The summed E-state index contributed by atoms with van der Waals surface area (Å²) in [5.74, 6) is -2.56. The van der Waals surface area contributed by atoms with E-state index in [-0.39, 0.29) is 16.7 Å². The Bertz CT molecular complexity index is 1430. The van der Waals surface area contributed by atoms with E-state index in [1.54, 1.807) is 46.9 Å². The number of ether oxygens (including phenoxy) is 1. The average Bonchev–Trinajstić information content (AvgIpc) is 3.20. The maximum Gasteiger partial charge on any atom is 0.415 e. The van der Waals surface area contributed by atoms with Crippen molar-refractivity contribution in [2.75, 3.05) is 11.9 Å². The van der Waals surface area contributed by atoms with Crippen LogP contribution in [-0.4, -0.2) is 40.2 Å². The van der Waals surface area contributed by atoms with E-state index in [9.17, 15) is 23.2 Å². The summed E-state index contributed by atoms with van der Waals surface area (Å²) in [6.45, 7) is 7.00. The van der Waals surface area contributed by atoms with Gasteiger partial charge in [0.2, 0.25) is 5.91 Å². The van der Waals surface area contributed by atoms with E-state index in [0.717, 1.165) is 17.7 Å². The number of benzene rings is 2. The molecular formula is C27H29F2N3O4. The summed E-state index contributed by atoms with van der Waals surface area (Å²) in [5.41, 5.74) is 0.690. The summed E-state index contributed by atoms with van der Waals surface area (Å²) in [7, 11) is 3.10. The number of hydrogen-bond donors (Lipinski definition) is 0. The highest BCUT2D eigenvalue weighted by Gasteiger charge is 2.42. The topological polar surface area (TPSA) is 71.9 Å². The molecule has 0 spiro atoms. The fourth-order valence-corrected chi connectivity index (χ4v) is 4.58. The van der Waals surface area contributed by atoms with Crippen LogP contribution in [-0.2, 0) is 23.0 Å². The molecule has 0 saturated heterocycles. The second kappa shape index (κ2) is 9.04. The van der Waals surface area contributed by atoms with Crippen molar-refractivity contribution in [3.8, 4) is 0 Å². The number of amides is 2. The number of halogens is 2. The van der Waals surface area contributed by atoms with Crippen molar-refractivity contribution in [2.45, 2.75) is 51.8 Å². The van der Waals surface area contributed by atoms with Crippen LogP contribution in [0.25, 0.3) is 10.8 Å². The summed E-state index contributed by atoms with van der Waals surface area (Å²) in [5, 5.41) is 0.244. The van der Waals surface area contributed by atoms with E-state index in [2.05, 4.69) is 0 Å². The van der Waals surface area contributed by atoms with Crippen LogP contribution in [0, 0.1) is 11.6 Å². The Morgan fingerprint density at radius 3 is 2.36 bits per heavy atom. The zero-order chi connectivity index (χ0) is 26.5. The number of aryl methyl sites for hydroxylation is 1. The summed E-state index contributed by atoms with van der Waals surface area (Å²) in [6, 6.07) is 7.65. The second-order valence-electron chi connectivity index (χ2n) is 10.1. The molecule has 9 heteroatoms. The number of pyridine rings is 1. The van der Waals surface area contributed by atoms with Crippen LogP contribution in [0.15, 0.2) is 47.4 Å². The number of likely N-dealkylation sites (N-methyl/N-ethyl adjacent to an activating group) is 1. The first-order valence-corrected chi connectivity index (χ1v) is 11.6. The number of fused-ring (bicyclic) bond motifs is 2. The van der Waals surface area contributed by atoms with Crippen LogP contribution in [0.4, 0.5) is 19.3 Å². The number of para-hydroxylation sites is 1. The minimum Gasteiger partial charge on any atom is -0.443 e. The first kappa shape index (κ1) is 25.3. The lowest BCUT2D eigenvalue weighted by Crippen LogP contribution is -2.50. The highest BCUT2D eigenvalue weighted by molar-refractivity contribution is 6.01. The van der Waals surface area contributed by atoms with E-state index < -0.39 is 41.0 Å². The molecule has 1 unspecified atom stereocenters. The lowest BCUT2D eigenvalue weighted by Gasteiger charge is -2.33. The Labute approximate surface area is 207 Å². The van der Waals surface area contributed by atoms with Crippen molar-refractivity contribution < 1.29 is 23.1 Å². The maximum atomic E-state index is 14.1. The normalized spacial score (nSPS) is 16.1. The molecule has 2 heterocycles. The zero-order valence-corrected chi connectivity index (χ0v) is 21.1. The molecule has 2 amide bonds. The van der Waals surface area contributed by atoms with Gasteiger partial charge in [-0.3, -0.25) is 14.5 Å². The van der Waals surface area contributed by atoms with Gasteiger partial charge in [-0.05, 0) is 62.4 Å². The van der Waals surface area contributed by atoms with Gasteiger partial charge in [-0.1, -0.05) is 18.2 Å². The molecule has 2 atom stereocenters. The quantitative estimate of drug-likeness (QED) is 0.526. The van der Waals surface area contributed by atoms with Crippen LogP contribution in [0.3, 0.4) is 0 Å². The van der Waals surface area contributed by atoms with Crippen LogP contribution in [0.2, 0.25) is 0 Å². The maximum absolute atomic E-state index is 14.1. The number of hydrogen-bond acceptors (Lipinski definition) is 4. The minimum absolute atomic E-state index is 0.0188. The van der Waals surface area contributed by atoms with Gasteiger partial charge in [0.25, 0.3) is 5.56 Å². The number of carbonyl (C=O) groups is 2. The van der Waals surface area contributed by atoms with Crippen LogP contribution < -0.4 is 10.5 Å². The van der Waals surface area contributed by atoms with E-state index in [0.29, 0.717) is 17.7 Å². The van der Waals surface area contributed by atoms with Crippen LogP contribution in [0.1, 0.15) is 44.9 Å². The van der Waals surface area contributed by atoms with Gasteiger partial charge in [-0.2, -0.15) is 0 Å². The van der Waals surface area contributed by atoms with Crippen molar-refractivity contribution in [1.82, 2.24) is 9.47 Å². The third-order valence-electron chi connectivity index (χ3n) is 6.48. The smallest absolute Gasteiger partial charge is 0.415 e. The lowest BCUT2D eigenvalue weighted by atomic mass is 10.00. The predicted octanol–water partition coefficient (Wildman–Crippen LogP) is 4.70. The number of carbonyl (C=O) groups excluding carboxylic acids is 2. The molecule has 4 rings (SSSR count). The largest absolute Gasteiger partial charge is 0.443 e. The summed E-state index contributed by atoms with van der Waals surface area (Å²) < 4.78 is 34.9. The molecule has 0 saturated carbocycles. The van der Waals surface area contributed by atoms with Gasteiger partial charge < -0.3 is 14.2 Å². The fourth-order valence-electron chi connectivity index (χ4n) is 4.58. The Morgan fingerprint density at radius 2 is 1.72 bits per heavy atom. The molecule has 190 valence electrons. The molecule has 7 nitrogen and oxygen atoms in total. The van der Waals surface area contributed by atoms with Crippen LogP contribution in [0.5, 0.6) is 0 Å². The number of aromatic nitrogens is 1. The monoisotopic (exact) mass is 497 g/mol. The number of anilines is 1. The molecule has 0 bridgehead atoms. The molecule has 0 N–H and O–H groups in total. The average molecular weight is 498 g/mol. The summed E-state index contributed by atoms with van der Waals surface area (Å²) >= 11 is 0. The third kappa shape index (κ3) is 4.45. The van der Waals surface area contributed by atoms with Crippen molar-refractivity contribution in [3.05, 3.63) is 75.7 Å². The van der Waals surface area contributed by atoms with Crippen molar-refractivity contribution in [3.63, 3.8) is 0 Å². The van der Waals surface area contributed by atoms with E-state index in [1.165, 1.54) is 27.6 Å². The Kier molecular flexibility index (Phi) is 6.36. The first-order valence-electron chi connectivity index (χ1n) is 11.6. The van der Waals surface area contributed by atoms with E-state index in [1.807, 2.05) is 12.1 Å². The third-order valence-corrected chi connectivity index (χ3v) is 6.48. The molecule has 0 fully saturated rings. The summed E-state index contributed by atoms with van der Waals surface area (Å²) in [6.07, 6.45) is 1.20.